The van der Waals surface area contributed by atoms with Gasteiger partial charge in [-0.2, -0.15) is 0 Å². The molecule has 1 N–H and O–H groups in total. The van der Waals surface area contributed by atoms with Crippen LogP contribution in [-0.4, -0.2) is 34.4 Å². The number of fused-ring (bicyclic) bond motifs is 1. The van der Waals surface area contributed by atoms with Crippen LogP contribution >= 0.6 is 11.3 Å². The van der Waals surface area contributed by atoms with Gasteiger partial charge in [0.1, 0.15) is 0 Å². The molecule has 0 saturated heterocycles. The van der Waals surface area contributed by atoms with Gasteiger partial charge < -0.3 is 4.90 Å². The number of hydrogen-bond acceptors (Lipinski definition) is 5. The van der Waals surface area contributed by atoms with Crippen LogP contribution in [-0.2, 0) is 13.0 Å². The van der Waals surface area contributed by atoms with E-state index in [0.717, 1.165) is 41.2 Å². The summed E-state index contributed by atoms with van der Waals surface area (Å²) in [7, 11) is 2.08. The maximum Gasteiger partial charge on any atom is 0.259 e. The molecule has 2 aromatic rings. The van der Waals surface area contributed by atoms with Gasteiger partial charge >= 0.3 is 0 Å². The van der Waals surface area contributed by atoms with Crippen molar-refractivity contribution in [3.8, 4) is 0 Å². The van der Waals surface area contributed by atoms with Crippen LogP contribution in [0.4, 0.5) is 5.13 Å². The summed E-state index contributed by atoms with van der Waals surface area (Å²) in [6.45, 7) is 5.76. The summed E-state index contributed by atoms with van der Waals surface area (Å²) in [6, 6.07) is 0. The van der Waals surface area contributed by atoms with Crippen molar-refractivity contribution < 1.29 is 4.79 Å². The second-order valence-corrected chi connectivity index (χ2v) is 6.63. The molecule has 0 spiro atoms. The summed E-state index contributed by atoms with van der Waals surface area (Å²) in [6.07, 6.45) is 4.40. The second-order valence-electron chi connectivity index (χ2n) is 5.43. The van der Waals surface area contributed by atoms with Crippen LogP contribution in [0.3, 0.4) is 0 Å². The largest absolute Gasteiger partial charge is 0.302 e. The first kappa shape index (κ1) is 14.2. The van der Waals surface area contributed by atoms with Gasteiger partial charge in [-0.15, -0.1) is 11.3 Å². The first-order valence-electron chi connectivity index (χ1n) is 6.94. The average molecular weight is 302 g/mol. The highest BCUT2D eigenvalue weighted by atomic mass is 32.1. The quantitative estimate of drug-likeness (QED) is 0.925. The molecule has 3 heterocycles. The predicted octanol–water partition coefficient (Wildman–Crippen LogP) is 2.40. The predicted molar refractivity (Wildman–Crippen MR) is 83.8 cm³/mol. The van der Waals surface area contributed by atoms with E-state index in [4.69, 9.17) is 0 Å². The number of carbonyl (C=O) groups is 1. The lowest BCUT2D eigenvalue weighted by Gasteiger charge is -2.25. The molecule has 2 aromatic heterocycles. The zero-order valence-electron chi connectivity index (χ0n) is 12.4. The first-order valence-corrected chi connectivity index (χ1v) is 7.76. The minimum atomic E-state index is -0.113. The van der Waals surface area contributed by atoms with Crippen LogP contribution in [0, 0.1) is 13.8 Å². The molecule has 21 heavy (non-hydrogen) atoms. The van der Waals surface area contributed by atoms with E-state index < -0.39 is 0 Å². The highest BCUT2D eigenvalue weighted by Gasteiger charge is 2.21. The van der Waals surface area contributed by atoms with E-state index in [1.165, 1.54) is 11.3 Å². The molecule has 1 amide bonds. The van der Waals surface area contributed by atoms with Crippen molar-refractivity contribution in [3.05, 3.63) is 39.7 Å². The Labute approximate surface area is 128 Å². The number of hydrogen-bond donors (Lipinski definition) is 1. The summed E-state index contributed by atoms with van der Waals surface area (Å²) in [5.74, 6) is -0.113. The number of amides is 1. The summed E-state index contributed by atoms with van der Waals surface area (Å²) in [4.78, 5) is 24.4. The Balaban J connectivity index is 1.87. The van der Waals surface area contributed by atoms with Crippen molar-refractivity contribution in [2.24, 2.45) is 0 Å². The van der Waals surface area contributed by atoms with Gasteiger partial charge in [0.15, 0.2) is 5.13 Å². The maximum atomic E-state index is 12.5. The SMILES string of the molecule is Cc1nc(NC(=O)c2cncc3c2CCN(C)C3)sc1C. The molecule has 0 atom stereocenters. The third kappa shape index (κ3) is 2.82. The number of aryl methyl sites for hydroxylation is 2. The number of nitrogens with zero attached hydrogens (tertiary/aromatic N) is 3. The Hall–Kier alpha value is -1.79. The number of rotatable bonds is 2. The third-order valence-corrected chi connectivity index (χ3v) is 4.81. The average Bonchev–Trinajstić information content (AvgIpc) is 2.76. The molecule has 0 radical (unpaired) electrons. The lowest BCUT2D eigenvalue weighted by molar-refractivity contribution is 0.102. The Kier molecular flexibility index (Phi) is 3.73. The molecule has 6 heteroatoms. The summed E-state index contributed by atoms with van der Waals surface area (Å²) in [5, 5.41) is 3.55. The van der Waals surface area contributed by atoms with Gasteiger partial charge in [0.25, 0.3) is 5.91 Å². The van der Waals surface area contributed by atoms with Gasteiger partial charge in [-0.05, 0) is 38.4 Å². The van der Waals surface area contributed by atoms with Gasteiger partial charge in [-0.1, -0.05) is 0 Å². The minimum Gasteiger partial charge on any atom is -0.302 e. The number of nitrogens with one attached hydrogen (secondary N) is 1. The molecular weight excluding hydrogens is 284 g/mol. The molecule has 1 aliphatic rings. The third-order valence-electron chi connectivity index (χ3n) is 3.82. The fraction of sp³-hybridized carbons (Fsp3) is 0.400. The number of likely N-dealkylation sites (N-methyl/N-ethyl adjacent to an activating group) is 1. The lowest BCUT2D eigenvalue weighted by atomic mass is 9.97. The standard InChI is InChI=1S/C15H18N4OS/c1-9-10(2)21-15(17-9)18-14(20)13-7-16-6-11-8-19(3)5-4-12(11)13/h6-7H,4-5,8H2,1-3H3,(H,17,18,20). The molecule has 1 aliphatic heterocycles. The number of thiazole rings is 1. The van der Waals surface area contributed by atoms with Crippen LogP contribution in [0.1, 0.15) is 32.1 Å². The Bertz CT molecular complexity index is 675. The van der Waals surface area contributed by atoms with Gasteiger partial charge in [-0.25, -0.2) is 4.98 Å². The number of anilines is 1. The van der Waals surface area contributed by atoms with Crippen LogP contribution in [0.2, 0.25) is 0 Å². The topological polar surface area (TPSA) is 58.1 Å². The minimum absolute atomic E-state index is 0.113. The number of carbonyl (C=O) groups excluding carboxylic acids is 1. The molecule has 110 valence electrons. The summed E-state index contributed by atoms with van der Waals surface area (Å²) >= 11 is 1.50. The van der Waals surface area contributed by atoms with E-state index in [2.05, 4.69) is 27.2 Å². The maximum absolute atomic E-state index is 12.5. The van der Waals surface area contributed by atoms with Crippen LogP contribution in [0.15, 0.2) is 12.4 Å². The van der Waals surface area contributed by atoms with Crippen molar-refractivity contribution in [1.29, 1.82) is 0 Å². The molecule has 0 bridgehead atoms. The molecule has 5 nitrogen and oxygen atoms in total. The molecule has 0 fully saturated rings. The highest BCUT2D eigenvalue weighted by molar-refractivity contribution is 7.15. The number of aromatic nitrogens is 2. The molecule has 3 rings (SSSR count). The van der Waals surface area contributed by atoms with Gasteiger partial charge in [0.05, 0.1) is 11.3 Å². The highest BCUT2D eigenvalue weighted by Crippen LogP contribution is 2.24. The zero-order valence-corrected chi connectivity index (χ0v) is 13.3. The summed E-state index contributed by atoms with van der Waals surface area (Å²) in [5.41, 5.74) is 3.89. The van der Waals surface area contributed by atoms with Crippen molar-refractivity contribution in [1.82, 2.24) is 14.9 Å². The van der Waals surface area contributed by atoms with E-state index in [9.17, 15) is 4.79 Å². The molecule has 0 aliphatic carbocycles. The van der Waals surface area contributed by atoms with Gasteiger partial charge in [-0.3, -0.25) is 15.1 Å². The monoisotopic (exact) mass is 302 g/mol. The Morgan fingerprint density at radius 1 is 1.38 bits per heavy atom. The van der Waals surface area contributed by atoms with E-state index in [1.54, 1.807) is 6.20 Å². The Morgan fingerprint density at radius 3 is 2.90 bits per heavy atom. The van der Waals surface area contributed by atoms with Crippen LogP contribution < -0.4 is 5.32 Å². The number of pyridine rings is 1. The van der Waals surface area contributed by atoms with Gasteiger partial charge in [0, 0.05) is 30.4 Å². The van der Waals surface area contributed by atoms with Gasteiger partial charge in [0.2, 0.25) is 0 Å². The smallest absolute Gasteiger partial charge is 0.259 e. The van der Waals surface area contributed by atoms with Crippen molar-refractivity contribution in [3.63, 3.8) is 0 Å². The fourth-order valence-electron chi connectivity index (χ4n) is 2.52. The summed E-state index contributed by atoms with van der Waals surface area (Å²) < 4.78 is 0. The van der Waals surface area contributed by atoms with Crippen LogP contribution in [0.5, 0.6) is 0 Å². The normalized spacial score (nSPS) is 14.8. The Morgan fingerprint density at radius 2 is 2.19 bits per heavy atom. The molecular formula is C15H18N4OS. The first-order chi connectivity index (χ1) is 10.0. The fourth-order valence-corrected chi connectivity index (χ4v) is 3.33. The van der Waals surface area contributed by atoms with E-state index in [0.29, 0.717) is 10.7 Å². The van der Waals surface area contributed by atoms with Crippen molar-refractivity contribution >= 4 is 22.4 Å². The molecule has 0 saturated carbocycles. The van der Waals surface area contributed by atoms with E-state index in [-0.39, 0.29) is 5.91 Å². The van der Waals surface area contributed by atoms with E-state index >= 15 is 0 Å². The second kappa shape index (κ2) is 5.54. The van der Waals surface area contributed by atoms with Crippen molar-refractivity contribution in [2.75, 3.05) is 18.9 Å². The molecule has 0 unspecified atom stereocenters. The van der Waals surface area contributed by atoms with E-state index in [1.807, 2.05) is 20.0 Å². The zero-order chi connectivity index (χ0) is 15.0. The lowest BCUT2D eigenvalue weighted by Crippen LogP contribution is -2.29. The van der Waals surface area contributed by atoms with Crippen LogP contribution in [0.25, 0.3) is 0 Å². The van der Waals surface area contributed by atoms with Crippen molar-refractivity contribution in [2.45, 2.75) is 26.8 Å². The molecule has 0 aromatic carbocycles.